The van der Waals surface area contributed by atoms with Crippen LogP contribution >= 0.6 is 0 Å². The van der Waals surface area contributed by atoms with E-state index in [1.165, 1.54) is 44.1 Å². The lowest BCUT2D eigenvalue weighted by Crippen LogP contribution is -2.36. The van der Waals surface area contributed by atoms with Crippen molar-refractivity contribution in [1.29, 1.82) is 0 Å². The van der Waals surface area contributed by atoms with E-state index >= 15 is 0 Å². The summed E-state index contributed by atoms with van der Waals surface area (Å²) in [7, 11) is 0. The predicted octanol–water partition coefficient (Wildman–Crippen LogP) is 5.78. The van der Waals surface area contributed by atoms with Crippen LogP contribution in [0.3, 0.4) is 0 Å². The van der Waals surface area contributed by atoms with Gasteiger partial charge in [-0.15, -0.1) is 0 Å². The molecule has 3 heteroatoms. The van der Waals surface area contributed by atoms with Crippen molar-refractivity contribution in [3.8, 4) is 0 Å². The van der Waals surface area contributed by atoms with Crippen LogP contribution in [-0.4, -0.2) is 33.1 Å². The van der Waals surface area contributed by atoms with E-state index in [1.807, 2.05) is 13.8 Å². The molecule has 3 rings (SSSR count). The number of hydrogen-bond donors (Lipinski definition) is 3. The van der Waals surface area contributed by atoms with E-state index in [0.717, 1.165) is 18.8 Å². The van der Waals surface area contributed by atoms with Gasteiger partial charge in [0.25, 0.3) is 0 Å². The molecule has 0 aromatic heterocycles. The molecule has 0 aromatic carbocycles. The molecule has 7 atom stereocenters. The fourth-order valence-corrected chi connectivity index (χ4v) is 6.98. The van der Waals surface area contributed by atoms with Gasteiger partial charge in [-0.05, 0) is 82.0 Å². The van der Waals surface area contributed by atoms with Crippen molar-refractivity contribution in [3.05, 3.63) is 23.3 Å². The lowest BCUT2D eigenvalue weighted by Gasteiger charge is -2.44. The van der Waals surface area contributed by atoms with Gasteiger partial charge in [0.1, 0.15) is 0 Å². The van der Waals surface area contributed by atoms with E-state index in [1.54, 1.807) is 5.57 Å². The number of rotatable bonds is 6. The van der Waals surface area contributed by atoms with Gasteiger partial charge in [0, 0.05) is 12.3 Å². The molecule has 3 N–H and O–H groups in total. The highest BCUT2D eigenvalue weighted by atomic mass is 16.3. The fraction of sp³-hybridized carbons (Fsp3) is 0.852. The van der Waals surface area contributed by atoms with Crippen molar-refractivity contribution in [1.82, 2.24) is 0 Å². The molecule has 3 saturated carbocycles. The maximum atomic E-state index is 10.2. The third kappa shape index (κ3) is 5.40. The fourth-order valence-electron chi connectivity index (χ4n) is 6.98. The number of hydrogen-bond acceptors (Lipinski definition) is 3. The van der Waals surface area contributed by atoms with E-state index in [2.05, 4.69) is 32.9 Å². The van der Waals surface area contributed by atoms with Crippen molar-refractivity contribution < 1.29 is 15.3 Å². The van der Waals surface area contributed by atoms with Crippen LogP contribution in [0, 0.1) is 29.1 Å². The van der Waals surface area contributed by atoms with Gasteiger partial charge in [-0.25, -0.2) is 0 Å². The Bertz CT molecular complexity index is 643. The molecular weight excluding hydrogens is 372 g/mol. The van der Waals surface area contributed by atoms with Gasteiger partial charge in [0.2, 0.25) is 0 Å². The summed E-state index contributed by atoms with van der Waals surface area (Å²) < 4.78 is 0. The van der Waals surface area contributed by atoms with Crippen LogP contribution in [-0.2, 0) is 0 Å². The molecule has 0 aromatic rings. The van der Waals surface area contributed by atoms with Gasteiger partial charge in [0.05, 0.1) is 17.8 Å². The summed E-state index contributed by atoms with van der Waals surface area (Å²) in [6, 6.07) is 0. The zero-order valence-electron chi connectivity index (χ0n) is 20.0. The zero-order chi connectivity index (χ0) is 22.1. The quantitative estimate of drug-likeness (QED) is 0.512. The van der Waals surface area contributed by atoms with E-state index in [-0.39, 0.29) is 5.92 Å². The molecule has 0 saturated heterocycles. The van der Waals surface area contributed by atoms with E-state index in [9.17, 15) is 15.3 Å². The second kappa shape index (κ2) is 9.46. The molecule has 3 aliphatic rings. The first-order chi connectivity index (χ1) is 14.0. The lowest BCUT2D eigenvalue weighted by atomic mass is 9.60. The minimum absolute atomic E-state index is 0.146. The van der Waals surface area contributed by atoms with Crippen LogP contribution in [0.1, 0.15) is 98.8 Å². The van der Waals surface area contributed by atoms with Gasteiger partial charge >= 0.3 is 0 Å². The Morgan fingerprint density at radius 2 is 1.87 bits per heavy atom. The first-order valence-corrected chi connectivity index (χ1v) is 12.5. The van der Waals surface area contributed by atoms with Crippen molar-refractivity contribution in [2.24, 2.45) is 29.1 Å². The molecule has 0 radical (unpaired) electrons. The number of allylic oxidation sites excluding steroid dienone is 3. The molecule has 3 nitrogen and oxygen atoms in total. The maximum absolute atomic E-state index is 10.2. The second-order valence-electron chi connectivity index (χ2n) is 11.7. The van der Waals surface area contributed by atoms with Gasteiger partial charge < -0.3 is 15.3 Å². The second-order valence-corrected chi connectivity index (χ2v) is 11.7. The first-order valence-electron chi connectivity index (χ1n) is 12.5. The Morgan fingerprint density at radius 3 is 2.57 bits per heavy atom. The molecule has 0 heterocycles. The molecule has 0 bridgehead atoms. The van der Waals surface area contributed by atoms with Gasteiger partial charge in [-0.2, -0.15) is 0 Å². The molecular formula is C27H46O3. The summed E-state index contributed by atoms with van der Waals surface area (Å²) in [5.74, 6) is 2.31. The van der Waals surface area contributed by atoms with Crippen molar-refractivity contribution >= 4 is 0 Å². The van der Waals surface area contributed by atoms with Gasteiger partial charge in [-0.1, -0.05) is 56.9 Å². The summed E-state index contributed by atoms with van der Waals surface area (Å²) in [6.07, 6.45) is 14.6. The average molecular weight is 419 g/mol. The van der Waals surface area contributed by atoms with Gasteiger partial charge in [-0.3, -0.25) is 0 Å². The normalized spacial score (nSPS) is 41.3. The smallest absolute Gasteiger partial charge is 0.0627 e. The third-order valence-corrected chi connectivity index (χ3v) is 8.83. The number of aliphatic hydroxyl groups excluding tert-OH is 2. The average Bonchev–Trinajstić information content (AvgIpc) is 3.00. The highest BCUT2D eigenvalue weighted by Crippen LogP contribution is 2.60. The summed E-state index contributed by atoms with van der Waals surface area (Å²) in [5.41, 5.74) is 2.65. The largest absolute Gasteiger partial charge is 0.393 e. The van der Waals surface area contributed by atoms with E-state index in [0.29, 0.717) is 30.1 Å². The summed E-state index contributed by atoms with van der Waals surface area (Å²) in [6.45, 7) is 10.9. The highest BCUT2D eigenvalue weighted by Gasteiger charge is 2.50. The van der Waals surface area contributed by atoms with E-state index in [4.69, 9.17) is 0 Å². The molecule has 0 unspecified atom stereocenters. The summed E-state index contributed by atoms with van der Waals surface area (Å²) in [4.78, 5) is 0. The Balaban J connectivity index is 1.69. The molecule has 0 aliphatic heterocycles. The van der Waals surface area contributed by atoms with Crippen molar-refractivity contribution in [3.63, 3.8) is 0 Å². The Morgan fingerprint density at radius 1 is 1.17 bits per heavy atom. The van der Waals surface area contributed by atoms with Crippen LogP contribution in [0.2, 0.25) is 0 Å². The minimum Gasteiger partial charge on any atom is -0.393 e. The molecule has 0 amide bonds. The SMILES string of the molecule is C[C@H](CCCC(C)(C)O)[C@H]1CC[C@H]2/C(=C/C=C3\C[C@@H](O)C[C@H](O)[C@H]3C)CCC[C@]12C. The van der Waals surface area contributed by atoms with Crippen LogP contribution < -0.4 is 0 Å². The lowest BCUT2D eigenvalue weighted by molar-refractivity contribution is 0.0332. The molecule has 3 fully saturated rings. The Hall–Kier alpha value is -0.640. The molecule has 30 heavy (non-hydrogen) atoms. The van der Waals surface area contributed by atoms with E-state index < -0.39 is 17.8 Å². The zero-order valence-corrected chi connectivity index (χ0v) is 20.0. The van der Waals surface area contributed by atoms with Crippen LogP contribution in [0.15, 0.2) is 23.3 Å². The van der Waals surface area contributed by atoms with Crippen molar-refractivity contribution in [2.45, 2.75) is 117 Å². The number of fused-ring (bicyclic) bond motifs is 1. The Kier molecular flexibility index (Phi) is 7.58. The molecule has 172 valence electrons. The van der Waals surface area contributed by atoms with Crippen molar-refractivity contribution in [2.75, 3.05) is 0 Å². The monoisotopic (exact) mass is 418 g/mol. The van der Waals surface area contributed by atoms with Crippen LogP contribution in [0.4, 0.5) is 0 Å². The highest BCUT2D eigenvalue weighted by molar-refractivity contribution is 5.27. The van der Waals surface area contributed by atoms with Crippen LogP contribution in [0.5, 0.6) is 0 Å². The Labute approximate surface area is 184 Å². The molecule has 0 spiro atoms. The summed E-state index contributed by atoms with van der Waals surface area (Å²) >= 11 is 0. The first kappa shape index (κ1) is 24.0. The topological polar surface area (TPSA) is 60.7 Å². The maximum Gasteiger partial charge on any atom is 0.0627 e. The predicted molar refractivity (Wildman–Crippen MR) is 124 cm³/mol. The standard InChI is InChI=1S/C27H46O3/c1-18(8-6-14-26(3,4)30)23-12-13-24-20(9-7-15-27(23,24)5)10-11-21-16-22(28)17-25(29)19(21)2/h10-11,18-19,22-25,28-30H,6-9,12-17H2,1-5H3/b20-10+,21-11+/t18-,19+,22-,23-,24+,25+,27-/m1/s1. The summed E-state index contributed by atoms with van der Waals surface area (Å²) in [5, 5.41) is 30.3. The van der Waals surface area contributed by atoms with Gasteiger partial charge in [0.15, 0.2) is 0 Å². The third-order valence-electron chi connectivity index (χ3n) is 8.83. The molecule has 3 aliphatic carbocycles. The minimum atomic E-state index is -0.548. The number of aliphatic hydroxyl groups is 3. The van der Waals surface area contributed by atoms with Crippen LogP contribution in [0.25, 0.3) is 0 Å².